The van der Waals surface area contributed by atoms with E-state index in [1.165, 1.54) is 29.8 Å². The maximum absolute atomic E-state index is 5.73. The summed E-state index contributed by atoms with van der Waals surface area (Å²) in [5.41, 5.74) is 9.60. The molecule has 1 aromatic carbocycles. The van der Waals surface area contributed by atoms with Gasteiger partial charge in [-0.2, -0.15) is 0 Å². The van der Waals surface area contributed by atoms with E-state index in [1.807, 2.05) is 0 Å². The summed E-state index contributed by atoms with van der Waals surface area (Å²) in [5, 5.41) is 0. The summed E-state index contributed by atoms with van der Waals surface area (Å²) in [6.45, 7) is 15.1. The third kappa shape index (κ3) is 4.80. The third-order valence-corrected chi connectivity index (χ3v) is 4.09. The first-order chi connectivity index (χ1) is 9.65. The molecule has 2 N–H and O–H groups in total. The number of rotatable bonds is 9. The molecule has 0 saturated carbocycles. The molecule has 0 bridgehead atoms. The summed E-state index contributed by atoms with van der Waals surface area (Å²) < 4.78 is 0. The number of aryl methyl sites for hydroxylation is 1. The zero-order valence-electron chi connectivity index (χ0n) is 13.7. The molecular formula is C17H31N3. The van der Waals surface area contributed by atoms with E-state index in [0.29, 0.717) is 6.54 Å². The quantitative estimate of drug-likeness (QED) is 0.753. The van der Waals surface area contributed by atoms with Crippen LogP contribution in [0.1, 0.15) is 38.3 Å². The van der Waals surface area contributed by atoms with Crippen molar-refractivity contribution in [3.63, 3.8) is 0 Å². The van der Waals surface area contributed by atoms with Crippen LogP contribution in [0.2, 0.25) is 0 Å². The third-order valence-electron chi connectivity index (χ3n) is 4.09. The van der Waals surface area contributed by atoms with Crippen molar-refractivity contribution < 1.29 is 0 Å². The van der Waals surface area contributed by atoms with Crippen LogP contribution in [0.3, 0.4) is 0 Å². The largest absolute Gasteiger partial charge is 0.372 e. The predicted molar refractivity (Wildman–Crippen MR) is 89.4 cm³/mol. The normalized spacial score (nSPS) is 11.1. The second-order valence-electron chi connectivity index (χ2n) is 5.28. The number of nitrogens with zero attached hydrogens (tertiary/aromatic N) is 2. The Balaban J connectivity index is 2.59. The number of benzene rings is 1. The molecule has 0 radical (unpaired) electrons. The van der Waals surface area contributed by atoms with Gasteiger partial charge in [-0.25, -0.2) is 0 Å². The Morgan fingerprint density at radius 2 is 1.70 bits per heavy atom. The number of hydrogen-bond acceptors (Lipinski definition) is 3. The van der Waals surface area contributed by atoms with E-state index >= 15 is 0 Å². The van der Waals surface area contributed by atoms with Crippen molar-refractivity contribution in [2.75, 3.05) is 37.6 Å². The summed E-state index contributed by atoms with van der Waals surface area (Å²) >= 11 is 0. The van der Waals surface area contributed by atoms with E-state index in [9.17, 15) is 0 Å². The van der Waals surface area contributed by atoms with Gasteiger partial charge in [-0.15, -0.1) is 0 Å². The molecule has 20 heavy (non-hydrogen) atoms. The van der Waals surface area contributed by atoms with Gasteiger partial charge in [0.05, 0.1) is 0 Å². The van der Waals surface area contributed by atoms with Crippen LogP contribution in [-0.4, -0.2) is 37.6 Å². The van der Waals surface area contributed by atoms with Gasteiger partial charge in [-0.05, 0) is 63.2 Å². The standard InChI is InChI=1S/C17H31N3/c1-5-19(6-2)11-8-12-20(7-3)17-10-9-16(14-18)15(4)13-17/h9-10,13H,5-8,11-12,14,18H2,1-4H3. The van der Waals surface area contributed by atoms with Gasteiger partial charge in [-0.3, -0.25) is 0 Å². The molecule has 1 aromatic rings. The Hall–Kier alpha value is -1.06. The van der Waals surface area contributed by atoms with Crippen LogP contribution >= 0.6 is 0 Å². The minimum Gasteiger partial charge on any atom is -0.372 e. The van der Waals surface area contributed by atoms with Gasteiger partial charge in [0.25, 0.3) is 0 Å². The van der Waals surface area contributed by atoms with Gasteiger partial charge in [0.1, 0.15) is 0 Å². The second-order valence-corrected chi connectivity index (χ2v) is 5.28. The van der Waals surface area contributed by atoms with E-state index in [1.54, 1.807) is 0 Å². The Kier molecular flexibility index (Phi) is 7.63. The summed E-state index contributed by atoms with van der Waals surface area (Å²) in [5.74, 6) is 0. The lowest BCUT2D eigenvalue weighted by molar-refractivity contribution is 0.301. The smallest absolute Gasteiger partial charge is 0.0368 e. The Bertz CT molecular complexity index is 386. The van der Waals surface area contributed by atoms with E-state index in [2.05, 4.69) is 55.7 Å². The highest BCUT2D eigenvalue weighted by Crippen LogP contribution is 2.19. The molecule has 0 aliphatic heterocycles. The fourth-order valence-corrected chi connectivity index (χ4v) is 2.60. The highest BCUT2D eigenvalue weighted by molar-refractivity contribution is 5.50. The van der Waals surface area contributed by atoms with Crippen LogP contribution in [0, 0.1) is 6.92 Å². The van der Waals surface area contributed by atoms with E-state index in [4.69, 9.17) is 5.73 Å². The lowest BCUT2D eigenvalue weighted by Crippen LogP contribution is -2.30. The highest BCUT2D eigenvalue weighted by atomic mass is 15.1. The summed E-state index contributed by atoms with van der Waals surface area (Å²) in [7, 11) is 0. The first-order valence-corrected chi connectivity index (χ1v) is 7.93. The molecule has 0 aliphatic rings. The molecule has 114 valence electrons. The number of nitrogens with two attached hydrogens (primary N) is 1. The maximum atomic E-state index is 5.73. The van der Waals surface area contributed by atoms with Crippen LogP contribution < -0.4 is 10.6 Å². The fourth-order valence-electron chi connectivity index (χ4n) is 2.60. The van der Waals surface area contributed by atoms with Gasteiger partial charge >= 0.3 is 0 Å². The van der Waals surface area contributed by atoms with E-state index in [-0.39, 0.29) is 0 Å². The second kappa shape index (κ2) is 8.98. The summed E-state index contributed by atoms with van der Waals surface area (Å²) in [6, 6.07) is 6.64. The first-order valence-electron chi connectivity index (χ1n) is 7.93. The molecule has 0 unspecified atom stereocenters. The Morgan fingerprint density at radius 3 is 2.20 bits per heavy atom. The topological polar surface area (TPSA) is 32.5 Å². The number of anilines is 1. The predicted octanol–water partition coefficient (Wildman–Crippen LogP) is 3.01. The van der Waals surface area contributed by atoms with Crippen molar-refractivity contribution in [2.45, 2.75) is 40.7 Å². The van der Waals surface area contributed by atoms with Crippen molar-refractivity contribution >= 4 is 5.69 Å². The van der Waals surface area contributed by atoms with Gasteiger partial charge in [0, 0.05) is 25.3 Å². The Morgan fingerprint density at radius 1 is 1.00 bits per heavy atom. The molecule has 0 atom stereocenters. The van der Waals surface area contributed by atoms with Gasteiger partial charge < -0.3 is 15.5 Å². The fraction of sp³-hybridized carbons (Fsp3) is 0.647. The molecule has 0 spiro atoms. The summed E-state index contributed by atoms with van der Waals surface area (Å²) in [6.07, 6.45) is 1.22. The average Bonchev–Trinajstić information content (AvgIpc) is 2.47. The highest BCUT2D eigenvalue weighted by Gasteiger charge is 2.07. The Labute approximate surface area is 124 Å². The van der Waals surface area contributed by atoms with Crippen molar-refractivity contribution in [1.82, 2.24) is 4.90 Å². The van der Waals surface area contributed by atoms with Crippen LogP contribution in [0.4, 0.5) is 5.69 Å². The average molecular weight is 277 g/mol. The van der Waals surface area contributed by atoms with Crippen LogP contribution in [0.5, 0.6) is 0 Å². The van der Waals surface area contributed by atoms with Gasteiger partial charge in [-0.1, -0.05) is 19.9 Å². The minimum absolute atomic E-state index is 0.625. The van der Waals surface area contributed by atoms with E-state index < -0.39 is 0 Å². The molecule has 0 saturated heterocycles. The van der Waals surface area contributed by atoms with Gasteiger partial charge in [0.15, 0.2) is 0 Å². The van der Waals surface area contributed by atoms with Gasteiger partial charge in [0.2, 0.25) is 0 Å². The summed E-state index contributed by atoms with van der Waals surface area (Å²) in [4.78, 5) is 4.94. The minimum atomic E-state index is 0.625. The molecule has 0 aliphatic carbocycles. The van der Waals surface area contributed by atoms with E-state index in [0.717, 1.165) is 26.2 Å². The molecule has 0 aromatic heterocycles. The zero-order chi connectivity index (χ0) is 15.0. The van der Waals surface area contributed by atoms with Crippen LogP contribution in [-0.2, 0) is 6.54 Å². The van der Waals surface area contributed by atoms with Crippen molar-refractivity contribution in [3.05, 3.63) is 29.3 Å². The number of hydrogen-bond donors (Lipinski definition) is 1. The monoisotopic (exact) mass is 277 g/mol. The molecule has 3 nitrogen and oxygen atoms in total. The molecule has 1 rings (SSSR count). The maximum Gasteiger partial charge on any atom is 0.0368 e. The lowest BCUT2D eigenvalue weighted by Gasteiger charge is -2.26. The SMILES string of the molecule is CCN(CC)CCCN(CC)c1ccc(CN)c(C)c1. The molecule has 0 amide bonds. The van der Waals surface area contributed by atoms with Crippen LogP contribution in [0.25, 0.3) is 0 Å². The van der Waals surface area contributed by atoms with Crippen molar-refractivity contribution in [3.8, 4) is 0 Å². The molecular weight excluding hydrogens is 246 g/mol. The molecule has 0 fully saturated rings. The first kappa shape index (κ1) is 17.0. The molecule has 3 heteroatoms. The zero-order valence-corrected chi connectivity index (χ0v) is 13.7. The molecule has 0 heterocycles. The van der Waals surface area contributed by atoms with Crippen molar-refractivity contribution in [1.29, 1.82) is 0 Å². The van der Waals surface area contributed by atoms with Crippen molar-refractivity contribution in [2.24, 2.45) is 5.73 Å². The van der Waals surface area contributed by atoms with Crippen LogP contribution in [0.15, 0.2) is 18.2 Å². The lowest BCUT2D eigenvalue weighted by atomic mass is 10.1.